The summed E-state index contributed by atoms with van der Waals surface area (Å²) in [6, 6.07) is 0. The van der Waals surface area contributed by atoms with Crippen molar-refractivity contribution < 1.29 is 14.3 Å². The van der Waals surface area contributed by atoms with Crippen LogP contribution < -0.4 is 0 Å². The largest absolute Gasteiger partial charge is 0.479 e. The van der Waals surface area contributed by atoms with Gasteiger partial charge in [0.1, 0.15) is 16.6 Å². The normalized spacial score (nSPS) is 13.9. The topological polar surface area (TPSA) is 46.5 Å². The van der Waals surface area contributed by atoms with E-state index in [1.54, 1.807) is 0 Å². The number of hydrogen-bond donors (Lipinski definition) is 1. The van der Waals surface area contributed by atoms with Gasteiger partial charge in [-0.3, -0.25) is 0 Å². The summed E-state index contributed by atoms with van der Waals surface area (Å²) in [5.74, 6) is -0.894. The Morgan fingerprint density at radius 3 is 2.43 bits per heavy atom. The van der Waals surface area contributed by atoms with Crippen LogP contribution in [-0.4, -0.2) is 27.7 Å². The van der Waals surface area contributed by atoms with Gasteiger partial charge in [-0.25, -0.2) is 4.79 Å². The molecule has 0 aromatic carbocycles. The molecule has 1 atom stereocenters. The molecule has 3 nitrogen and oxygen atoms in total. The third-order valence-corrected chi connectivity index (χ3v) is 1.41. The standard InChI is InChI=1S/C3H8O3Si/c1-2(6-7)3(4)5/h2H,1,7H3,(H,4,5). The summed E-state index contributed by atoms with van der Waals surface area (Å²) in [5, 5.41) is 8.08. The molecule has 0 aliphatic rings. The van der Waals surface area contributed by atoms with Crippen LogP contribution in [0.25, 0.3) is 0 Å². The maximum atomic E-state index is 9.83. The Morgan fingerprint density at radius 1 is 2.00 bits per heavy atom. The summed E-state index contributed by atoms with van der Waals surface area (Å²) in [4.78, 5) is 9.83. The van der Waals surface area contributed by atoms with Crippen LogP contribution >= 0.6 is 0 Å². The quantitative estimate of drug-likeness (QED) is 0.463. The van der Waals surface area contributed by atoms with Crippen molar-refractivity contribution in [3.63, 3.8) is 0 Å². The van der Waals surface area contributed by atoms with Crippen molar-refractivity contribution in [1.29, 1.82) is 0 Å². The summed E-state index contributed by atoms with van der Waals surface area (Å²) >= 11 is 0. The van der Waals surface area contributed by atoms with E-state index in [2.05, 4.69) is 4.43 Å². The molecule has 0 aliphatic heterocycles. The second kappa shape index (κ2) is 2.76. The lowest BCUT2D eigenvalue weighted by Gasteiger charge is -1.99. The van der Waals surface area contributed by atoms with E-state index in [0.29, 0.717) is 10.5 Å². The van der Waals surface area contributed by atoms with Gasteiger partial charge in [-0.15, -0.1) is 0 Å². The van der Waals surface area contributed by atoms with Gasteiger partial charge in [-0.05, 0) is 6.92 Å². The molecule has 0 aromatic rings. The first-order chi connectivity index (χ1) is 3.18. The van der Waals surface area contributed by atoms with E-state index in [0.717, 1.165) is 0 Å². The van der Waals surface area contributed by atoms with Gasteiger partial charge in [0.05, 0.1) is 0 Å². The molecule has 0 spiro atoms. The maximum absolute atomic E-state index is 9.83. The van der Waals surface area contributed by atoms with Crippen molar-refractivity contribution in [2.24, 2.45) is 0 Å². The molecule has 0 rings (SSSR count). The highest BCUT2D eigenvalue weighted by atomic mass is 28.2. The molecule has 1 N–H and O–H groups in total. The molecule has 0 heterocycles. The molecule has 0 aromatic heterocycles. The van der Waals surface area contributed by atoms with Crippen molar-refractivity contribution in [2.75, 3.05) is 0 Å². The van der Waals surface area contributed by atoms with Crippen molar-refractivity contribution in [2.45, 2.75) is 13.0 Å². The van der Waals surface area contributed by atoms with E-state index in [9.17, 15) is 4.79 Å². The Morgan fingerprint density at radius 2 is 2.43 bits per heavy atom. The van der Waals surface area contributed by atoms with Crippen molar-refractivity contribution in [3.8, 4) is 0 Å². The third-order valence-electron chi connectivity index (χ3n) is 0.701. The Balaban J connectivity index is 3.34. The van der Waals surface area contributed by atoms with Gasteiger partial charge in [0.15, 0.2) is 0 Å². The number of carboxylic acids is 1. The minimum Gasteiger partial charge on any atom is -0.479 e. The molecule has 0 amide bonds. The average Bonchev–Trinajstić information content (AvgIpc) is 1.65. The Hall–Kier alpha value is -0.353. The summed E-state index contributed by atoms with van der Waals surface area (Å²) < 4.78 is 4.55. The molecule has 0 bridgehead atoms. The Bertz CT molecular complexity index is 72.6. The summed E-state index contributed by atoms with van der Waals surface area (Å²) in [6.45, 7) is 1.51. The summed E-state index contributed by atoms with van der Waals surface area (Å²) in [6.07, 6.45) is -0.619. The molecule has 7 heavy (non-hydrogen) atoms. The van der Waals surface area contributed by atoms with Crippen LogP contribution in [0.5, 0.6) is 0 Å². The zero-order valence-corrected chi connectivity index (χ0v) is 6.34. The van der Waals surface area contributed by atoms with Crippen LogP contribution in [0.4, 0.5) is 0 Å². The molecule has 4 heteroatoms. The van der Waals surface area contributed by atoms with Gasteiger partial charge in [0.2, 0.25) is 0 Å². The van der Waals surface area contributed by atoms with E-state index in [1.807, 2.05) is 0 Å². The summed E-state index contributed by atoms with van der Waals surface area (Å²) in [5.41, 5.74) is 0. The van der Waals surface area contributed by atoms with Gasteiger partial charge in [0.25, 0.3) is 0 Å². The predicted octanol–water partition coefficient (Wildman–Crippen LogP) is -1.24. The first kappa shape index (κ1) is 6.65. The van der Waals surface area contributed by atoms with Crippen LogP contribution in [0, 0.1) is 0 Å². The fraction of sp³-hybridized carbons (Fsp3) is 0.667. The molecular formula is C3H8O3Si. The molecule has 1 unspecified atom stereocenters. The van der Waals surface area contributed by atoms with Gasteiger partial charge in [-0.1, -0.05) is 0 Å². The van der Waals surface area contributed by atoms with Crippen LogP contribution in [0.1, 0.15) is 6.92 Å². The smallest absolute Gasteiger partial charge is 0.331 e. The second-order valence-electron chi connectivity index (χ2n) is 1.22. The van der Waals surface area contributed by atoms with Crippen molar-refractivity contribution in [1.82, 2.24) is 0 Å². The molecule has 0 fully saturated rings. The van der Waals surface area contributed by atoms with Gasteiger partial charge in [-0.2, -0.15) is 0 Å². The lowest BCUT2D eigenvalue weighted by molar-refractivity contribution is -0.144. The predicted molar refractivity (Wildman–Crippen MR) is 28.1 cm³/mol. The maximum Gasteiger partial charge on any atom is 0.331 e. The fourth-order valence-electron chi connectivity index (χ4n) is 0.101. The third kappa shape index (κ3) is 2.36. The van der Waals surface area contributed by atoms with E-state index in [4.69, 9.17) is 5.11 Å². The van der Waals surface area contributed by atoms with Crippen molar-refractivity contribution >= 4 is 16.5 Å². The Kier molecular flexibility index (Phi) is 2.62. The number of rotatable bonds is 2. The SMILES string of the molecule is CC(O[SiH3])C(=O)O. The first-order valence-corrected chi connectivity index (χ1v) is 2.75. The monoisotopic (exact) mass is 120 g/mol. The molecule has 0 saturated heterocycles. The average molecular weight is 120 g/mol. The fourth-order valence-corrected chi connectivity index (χ4v) is 0.302. The lowest BCUT2D eigenvalue weighted by Crippen LogP contribution is -2.17. The number of hydrogen-bond acceptors (Lipinski definition) is 2. The number of carboxylic acid groups (broad SMARTS) is 1. The van der Waals surface area contributed by atoms with E-state index in [-0.39, 0.29) is 0 Å². The van der Waals surface area contributed by atoms with Crippen molar-refractivity contribution in [3.05, 3.63) is 0 Å². The number of carbonyl (C=O) groups is 1. The summed E-state index contributed by atoms with van der Waals surface area (Å²) in [7, 11) is 0.490. The van der Waals surface area contributed by atoms with Crippen LogP contribution in [0.15, 0.2) is 0 Å². The minimum absolute atomic E-state index is 0.490. The highest BCUT2D eigenvalue weighted by Gasteiger charge is 2.05. The molecule has 0 aliphatic carbocycles. The highest BCUT2D eigenvalue weighted by molar-refractivity contribution is 5.99. The van der Waals surface area contributed by atoms with Crippen LogP contribution in [0.3, 0.4) is 0 Å². The molecular weight excluding hydrogens is 112 g/mol. The van der Waals surface area contributed by atoms with Crippen LogP contribution in [-0.2, 0) is 9.22 Å². The molecule has 42 valence electrons. The minimum atomic E-state index is -0.894. The van der Waals surface area contributed by atoms with E-state index >= 15 is 0 Å². The van der Waals surface area contributed by atoms with Gasteiger partial charge >= 0.3 is 5.97 Å². The van der Waals surface area contributed by atoms with E-state index < -0.39 is 12.1 Å². The van der Waals surface area contributed by atoms with Gasteiger partial charge in [0, 0.05) is 0 Å². The zero-order chi connectivity index (χ0) is 5.86. The Labute approximate surface area is 44.8 Å². The van der Waals surface area contributed by atoms with Gasteiger partial charge < -0.3 is 9.53 Å². The van der Waals surface area contributed by atoms with Crippen LogP contribution in [0.2, 0.25) is 0 Å². The highest BCUT2D eigenvalue weighted by Crippen LogP contribution is 1.82. The molecule has 0 saturated carbocycles. The second-order valence-corrected chi connectivity index (χ2v) is 1.69. The van der Waals surface area contributed by atoms with E-state index in [1.165, 1.54) is 6.92 Å². The first-order valence-electron chi connectivity index (χ1n) is 1.94. The molecule has 0 radical (unpaired) electrons. The lowest BCUT2D eigenvalue weighted by atomic mass is 10.4. The number of aliphatic carboxylic acids is 1. The zero-order valence-electron chi connectivity index (χ0n) is 4.34.